The standard InChI is InChI=1S/C12H19NO/c1-9(2)12(10(3)14)7-11-5-4-6-13-8-11/h4-6,8-10,12,14H,7H2,1-3H3. The summed E-state index contributed by atoms with van der Waals surface area (Å²) in [7, 11) is 0. The molecule has 2 nitrogen and oxygen atoms in total. The highest BCUT2D eigenvalue weighted by molar-refractivity contribution is 5.09. The molecule has 0 aliphatic rings. The lowest BCUT2D eigenvalue weighted by Gasteiger charge is -2.23. The summed E-state index contributed by atoms with van der Waals surface area (Å²) in [5.41, 5.74) is 1.20. The molecule has 2 heteroatoms. The predicted octanol–water partition coefficient (Wildman–Crippen LogP) is 2.28. The Kier molecular flexibility index (Phi) is 4.08. The molecule has 1 rings (SSSR count). The average Bonchev–Trinajstić information content (AvgIpc) is 2.15. The van der Waals surface area contributed by atoms with Crippen molar-refractivity contribution < 1.29 is 5.11 Å². The fourth-order valence-electron chi connectivity index (χ4n) is 1.75. The third-order valence-electron chi connectivity index (χ3n) is 2.67. The van der Waals surface area contributed by atoms with Crippen molar-refractivity contribution in [2.24, 2.45) is 11.8 Å². The van der Waals surface area contributed by atoms with E-state index >= 15 is 0 Å². The molecule has 1 N–H and O–H groups in total. The Morgan fingerprint density at radius 2 is 2.07 bits per heavy atom. The summed E-state index contributed by atoms with van der Waals surface area (Å²) >= 11 is 0. The van der Waals surface area contributed by atoms with E-state index in [-0.39, 0.29) is 6.10 Å². The average molecular weight is 193 g/mol. The van der Waals surface area contributed by atoms with Gasteiger partial charge >= 0.3 is 0 Å². The number of hydrogen-bond acceptors (Lipinski definition) is 2. The lowest BCUT2D eigenvalue weighted by Crippen LogP contribution is -2.24. The van der Waals surface area contributed by atoms with Crippen LogP contribution in [-0.4, -0.2) is 16.2 Å². The van der Waals surface area contributed by atoms with Gasteiger partial charge in [-0.25, -0.2) is 0 Å². The minimum Gasteiger partial charge on any atom is -0.393 e. The summed E-state index contributed by atoms with van der Waals surface area (Å²) in [6, 6.07) is 4.00. The first kappa shape index (κ1) is 11.2. The molecule has 0 spiro atoms. The lowest BCUT2D eigenvalue weighted by molar-refractivity contribution is 0.0976. The van der Waals surface area contributed by atoms with Crippen LogP contribution in [0.4, 0.5) is 0 Å². The Labute approximate surface area is 86.0 Å². The Morgan fingerprint density at radius 3 is 2.50 bits per heavy atom. The molecule has 0 aliphatic heterocycles. The molecule has 0 radical (unpaired) electrons. The first-order valence-electron chi connectivity index (χ1n) is 5.18. The molecule has 1 aromatic rings. The maximum absolute atomic E-state index is 9.62. The van der Waals surface area contributed by atoms with Crippen LogP contribution < -0.4 is 0 Å². The minimum absolute atomic E-state index is 0.254. The Hall–Kier alpha value is -0.890. The second-order valence-electron chi connectivity index (χ2n) is 4.21. The molecule has 0 fully saturated rings. The van der Waals surface area contributed by atoms with E-state index in [0.29, 0.717) is 11.8 Å². The molecule has 1 heterocycles. The number of nitrogens with zero attached hydrogens (tertiary/aromatic N) is 1. The van der Waals surface area contributed by atoms with Crippen LogP contribution in [0.3, 0.4) is 0 Å². The molecule has 0 aromatic carbocycles. The molecule has 78 valence electrons. The van der Waals surface area contributed by atoms with Crippen LogP contribution in [0.5, 0.6) is 0 Å². The topological polar surface area (TPSA) is 33.1 Å². The van der Waals surface area contributed by atoms with Gasteiger partial charge < -0.3 is 5.11 Å². The lowest BCUT2D eigenvalue weighted by atomic mass is 9.86. The van der Waals surface area contributed by atoms with Gasteiger partial charge in [-0.05, 0) is 36.8 Å². The maximum Gasteiger partial charge on any atom is 0.0545 e. The van der Waals surface area contributed by atoms with Crippen molar-refractivity contribution in [1.82, 2.24) is 4.98 Å². The van der Waals surface area contributed by atoms with Gasteiger partial charge in [0.1, 0.15) is 0 Å². The van der Waals surface area contributed by atoms with Crippen LogP contribution in [0.15, 0.2) is 24.5 Å². The van der Waals surface area contributed by atoms with E-state index in [1.807, 2.05) is 19.2 Å². The van der Waals surface area contributed by atoms with E-state index in [2.05, 4.69) is 24.9 Å². The van der Waals surface area contributed by atoms with Crippen molar-refractivity contribution in [3.63, 3.8) is 0 Å². The smallest absolute Gasteiger partial charge is 0.0545 e. The summed E-state index contributed by atoms with van der Waals surface area (Å²) in [5.74, 6) is 0.814. The van der Waals surface area contributed by atoms with Crippen molar-refractivity contribution in [3.8, 4) is 0 Å². The molecule has 14 heavy (non-hydrogen) atoms. The molecule has 2 atom stereocenters. The summed E-state index contributed by atoms with van der Waals surface area (Å²) in [5, 5.41) is 9.62. The number of aromatic nitrogens is 1. The van der Waals surface area contributed by atoms with Crippen LogP contribution in [0.2, 0.25) is 0 Å². The molecule has 2 unspecified atom stereocenters. The molecule has 0 saturated carbocycles. The zero-order valence-corrected chi connectivity index (χ0v) is 9.14. The first-order chi connectivity index (χ1) is 6.61. The molecule has 0 saturated heterocycles. The highest BCUT2D eigenvalue weighted by Gasteiger charge is 2.19. The van der Waals surface area contributed by atoms with Crippen LogP contribution in [0, 0.1) is 11.8 Å². The number of pyridine rings is 1. The summed E-state index contributed by atoms with van der Waals surface area (Å²) < 4.78 is 0. The van der Waals surface area contributed by atoms with Gasteiger partial charge in [0.2, 0.25) is 0 Å². The van der Waals surface area contributed by atoms with E-state index in [1.54, 1.807) is 6.20 Å². The minimum atomic E-state index is -0.254. The van der Waals surface area contributed by atoms with E-state index < -0.39 is 0 Å². The van der Waals surface area contributed by atoms with Crippen LogP contribution in [-0.2, 0) is 6.42 Å². The highest BCUT2D eigenvalue weighted by atomic mass is 16.3. The van der Waals surface area contributed by atoms with Crippen LogP contribution >= 0.6 is 0 Å². The molecule has 0 aliphatic carbocycles. The monoisotopic (exact) mass is 193 g/mol. The Balaban J connectivity index is 2.65. The van der Waals surface area contributed by atoms with Crippen molar-refractivity contribution >= 4 is 0 Å². The maximum atomic E-state index is 9.62. The number of rotatable bonds is 4. The molecule has 1 aromatic heterocycles. The summed E-state index contributed by atoms with van der Waals surface area (Å²) in [6.45, 7) is 6.16. The zero-order chi connectivity index (χ0) is 10.6. The van der Waals surface area contributed by atoms with E-state index in [9.17, 15) is 5.11 Å². The van der Waals surface area contributed by atoms with Gasteiger partial charge in [0, 0.05) is 12.4 Å². The zero-order valence-electron chi connectivity index (χ0n) is 9.14. The van der Waals surface area contributed by atoms with Gasteiger partial charge in [-0.15, -0.1) is 0 Å². The fraction of sp³-hybridized carbons (Fsp3) is 0.583. The quantitative estimate of drug-likeness (QED) is 0.795. The number of aliphatic hydroxyl groups excluding tert-OH is 1. The van der Waals surface area contributed by atoms with Gasteiger partial charge in [-0.2, -0.15) is 0 Å². The van der Waals surface area contributed by atoms with Crippen molar-refractivity contribution in [2.45, 2.75) is 33.3 Å². The van der Waals surface area contributed by atoms with Crippen molar-refractivity contribution in [1.29, 1.82) is 0 Å². The van der Waals surface area contributed by atoms with E-state index in [1.165, 1.54) is 5.56 Å². The number of hydrogen-bond donors (Lipinski definition) is 1. The third-order valence-corrected chi connectivity index (χ3v) is 2.67. The van der Waals surface area contributed by atoms with E-state index in [0.717, 1.165) is 6.42 Å². The Bertz CT molecular complexity index is 248. The Morgan fingerprint density at radius 1 is 1.36 bits per heavy atom. The fourth-order valence-corrected chi connectivity index (χ4v) is 1.75. The normalized spacial score (nSPS) is 15.5. The van der Waals surface area contributed by atoms with Crippen LogP contribution in [0.1, 0.15) is 26.3 Å². The molecular weight excluding hydrogens is 174 g/mol. The van der Waals surface area contributed by atoms with Gasteiger partial charge in [0.25, 0.3) is 0 Å². The summed E-state index contributed by atoms with van der Waals surface area (Å²) in [6.07, 6.45) is 4.30. The van der Waals surface area contributed by atoms with Gasteiger partial charge in [-0.1, -0.05) is 19.9 Å². The van der Waals surface area contributed by atoms with Crippen LogP contribution in [0.25, 0.3) is 0 Å². The largest absolute Gasteiger partial charge is 0.393 e. The molecule has 0 amide bonds. The van der Waals surface area contributed by atoms with Gasteiger partial charge in [-0.3, -0.25) is 4.98 Å². The summed E-state index contributed by atoms with van der Waals surface area (Å²) in [4.78, 5) is 4.07. The first-order valence-corrected chi connectivity index (χ1v) is 5.18. The van der Waals surface area contributed by atoms with Gasteiger partial charge in [0.05, 0.1) is 6.10 Å². The second-order valence-corrected chi connectivity index (χ2v) is 4.21. The van der Waals surface area contributed by atoms with E-state index in [4.69, 9.17) is 0 Å². The van der Waals surface area contributed by atoms with Crippen molar-refractivity contribution in [2.75, 3.05) is 0 Å². The predicted molar refractivity (Wildman–Crippen MR) is 57.9 cm³/mol. The molecule has 0 bridgehead atoms. The number of aliphatic hydroxyl groups is 1. The molecular formula is C12H19NO. The highest BCUT2D eigenvalue weighted by Crippen LogP contribution is 2.20. The third kappa shape index (κ3) is 3.11. The van der Waals surface area contributed by atoms with Gasteiger partial charge in [0.15, 0.2) is 0 Å². The SMILES string of the molecule is CC(C)C(Cc1cccnc1)C(C)O. The second kappa shape index (κ2) is 5.11. The van der Waals surface area contributed by atoms with Crippen molar-refractivity contribution in [3.05, 3.63) is 30.1 Å².